The second kappa shape index (κ2) is 6.25. The standard InChI is InChI=1S/C19H28N4O2/c1-2-23-14-18(25-19(7-8-19)17(23)24)9-12-22(13-10-18)11-6-15-4-3-5-16(20)21-15/h3-5H,2,6-14H2,1H3,(H2,20,21). The van der Waals surface area contributed by atoms with Crippen LogP contribution >= 0.6 is 0 Å². The van der Waals surface area contributed by atoms with Crippen molar-refractivity contribution in [2.24, 2.45) is 0 Å². The SMILES string of the molecule is CCN1CC2(CCN(CCc3cccc(N)n3)CC2)OC2(CC2)C1=O. The third-order valence-corrected chi connectivity index (χ3v) is 5.93. The van der Waals surface area contributed by atoms with Gasteiger partial charge in [-0.1, -0.05) is 6.07 Å². The van der Waals surface area contributed by atoms with Gasteiger partial charge >= 0.3 is 0 Å². The van der Waals surface area contributed by atoms with E-state index in [1.807, 2.05) is 23.1 Å². The summed E-state index contributed by atoms with van der Waals surface area (Å²) in [5.41, 5.74) is 6.20. The molecule has 6 heteroatoms. The van der Waals surface area contributed by atoms with Crippen LogP contribution in [0.25, 0.3) is 0 Å². The summed E-state index contributed by atoms with van der Waals surface area (Å²) in [6.07, 6.45) is 4.72. The first kappa shape index (κ1) is 16.8. The van der Waals surface area contributed by atoms with E-state index in [-0.39, 0.29) is 11.5 Å². The van der Waals surface area contributed by atoms with Crippen molar-refractivity contribution < 1.29 is 9.53 Å². The van der Waals surface area contributed by atoms with E-state index in [0.717, 1.165) is 70.5 Å². The van der Waals surface area contributed by atoms with Crippen LogP contribution in [0.4, 0.5) is 5.82 Å². The maximum atomic E-state index is 12.5. The van der Waals surface area contributed by atoms with Gasteiger partial charge in [-0.2, -0.15) is 0 Å². The molecule has 0 radical (unpaired) electrons. The van der Waals surface area contributed by atoms with Gasteiger partial charge in [0.05, 0.1) is 5.60 Å². The number of ether oxygens (including phenoxy) is 1. The Bertz CT molecular complexity index is 651. The number of hydrogen-bond donors (Lipinski definition) is 1. The molecule has 2 N–H and O–H groups in total. The van der Waals surface area contributed by atoms with Crippen LogP contribution in [0.3, 0.4) is 0 Å². The molecule has 0 atom stereocenters. The van der Waals surface area contributed by atoms with E-state index >= 15 is 0 Å². The quantitative estimate of drug-likeness (QED) is 0.895. The summed E-state index contributed by atoms with van der Waals surface area (Å²) in [5, 5.41) is 0. The van der Waals surface area contributed by atoms with Crippen LogP contribution in [-0.4, -0.2) is 64.6 Å². The number of nitrogen functional groups attached to an aromatic ring is 1. The lowest BCUT2D eigenvalue weighted by molar-refractivity contribution is -0.200. The molecule has 3 fully saturated rings. The third kappa shape index (κ3) is 3.25. The molecule has 25 heavy (non-hydrogen) atoms. The Balaban J connectivity index is 1.34. The molecule has 2 spiro atoms. The predicted octanol–water partition coefficient (Wildman–Crippen LogP) is 1.45. The highest BCUT2D eigenvalue weighted by Crippen LogP contribution is 2.49. The molecule has 2 saturated heterocycles. The fraction of sp³-hybridized carbons (Fsp3) is 0.684. The maximum Gasteiger partial charge on any atom is 0.254 e. The van der Waals surface area contributed by atoms with Crippen LogP contribution in [0.2, 0.25) is 0 Å². The van der Waals surface area contributed by atoms with Gasteiger partial charge in [0, 0.05) is 44.8 Å². The first-order valence-corrected chi connectivity index (χ1v) is 9.48. The number of carbonyl (C=O) groups excluding carboxylic acids is 1. The molecule has 0 aromatic carbocycles. The van der Waals surface area contributed by atoms with Crippen LogP contribution in [0.5, 0.6) is 0 Å². The molecule has 4 rings (SSSR count). The van der Waals surface area contributed by atoms with Gasteiger partial charge in [0.2, 0.25) is 0 Å². The molecule has 0 bridgehead atoms. The monoisotopic (exact) mass is 344 g/mol. The van der Waals surface area contributed by atoms with Crippen molar-refractivity contribution in [1.29, 1.82) is 0 Å². The number of hydrogen-bond acceptors (Lipinski definition) is 5. The highest BCUT2D eigenvalue weighted by atomic mass is 16.5. The number of rotatable bonds is 4. The predicted molar refractivity (Wildman–Crippen MR) is 96.1 cm³/mol. The number of anilines is 1. The van der Waals surface area contributed by atoms with Crippen molar-refractivity contribution in [3.05, 3.63) is 23.9 Å². The van der Waals surface area contributed by atoms with E-state index in [2.05, 4.69) is 16.8 Å². The Kier molecular flexibility index (Phi) is 4.20. The molecule has 3 heterocycles. The van der Waals surface area contributed by atoms with E-state index in [0.29, 0.717) is 5.82 Å². The lowest BCUT2D eigenvalue weighted by Gasteiger charge is -2.50. The molecule has 6 nitrogen and oxygen atoms in total. The zero-order valence-corrected chi connectivity index (χ0v) is 15.0. The lowest BCUT2D eigenvalue weighted by atomic mass is 9.88. The van der Waals surface area contributed by atoms with E-state index < -0.39 is 5.60 Å². The average molecular weight is 344 g/mol. The highest BCUT2D eigenvalue weighted by molar-refractivity contribution is 5.89. The third-order valence-electron chi connectivity index (χ3n) is 5.93. The molecule has 1 aromatic rings. The number of likely N-dealkylation sites (N-methyl/N-ethyl adjacent to an activating group) is 1. The summed E-state index contributed by atoms with van der Waals surface area (Å²) in [7, 11) is 0. The first-order valence-electron chi connectivity index (χ1n) is 9.48. The van der Waals surface area contributed by atoms with Crippen LogP contribution in [0.15, 0.2) is 18.2 Å². The number of amides is 1. The van der Waals surface area contributed by atoms with Crippen molar-refractivity contribution in [2.45, 2.75) is 50.2 Å². The maximum absolute atomic E-state index is 12.5. The van der Waals surface area contributed by atoms with Crippen molar-refractivity contribution >= 4 is 11.7 Å². The average Bonchev–Trinajstić information content (AvgIpc) is 3.38. The molecule has 0 unspecified atom stereocenters. The molecule has 3 aliphatic rings. The molecule has 1 aliphatic carbocycles. The van der Waals surface area contributed by atoms with E-state index in [1.54, 1.807) is 0 Å². The molecule has 136 valence electrons. The van der Waals surface area contributed by atoms with Gasteiger partial charge in [0.15, 0.2) is 0 Å². The number of carbonyl (C=O) groups is 1. The summed E-state index contributed by atoms with van der Waals surface area (Å²) in [6.45, 7) is 6.65. The minimum atomic E-state index is -0.470. The fourth-order valence-electron chi connectivity index (χ4n) is 4.24. The van der Waals surface area contributed by atoms with Gasteiger partial charge in [-0.3, -0.25) is 4.79 Å². The number of piperidine rings is 1. The number of nitrogens with zero attached hydrogens (tertiary/aromatic N) is 3. The largest absolute Gasteiger partial charge is 0.384 e. The Labute approximate surface area is 149 Å². The van der Waals surface area contributed by atoms with Crippen molar-refractivity contribution in [3.8, 4) is 0 Å². The molecule has 1 aromatic heterocycles. The topological polar surface area (TPSA) is 71.7 Å². The fourth-order valence-corrected chi connectivity index (χ4v) is 4.24. The minimum Gasteiger partial charge on any atom is -0.384 e. The van der Waals surface area contributed by atoms with Gasteiger partial charge in [-0.25, -0.2) is 4.98 Å². The number of aromatic nitrogens is 1. The van der Waals surface area contributed by atoms with Gasteiger partial charge in [-0.15, -0.1) is 0 Å². The smallest absolute Gasteiger partial charge is 0.254 e. The number of nitrogens with two attached hydrogens (primary N) is 1. The summed E-state index contributed by atoms with van der Waals surface area (Å²) in [4.78, 5) is 21.4. The summed E-state index contributed by atoms with van der Waals surface area (Å²) < 4.78 is 6.44. The lowest BCUT2D eigenvalue weighted by Crippen LogP contribution is -2.62. The van der Waals surface area contributed by atoms with Crippen molar-refractivity contribution in [1.82, 2.24) is 14.8 Å². The molecule has 2 aliphatic heterocycles. The van der Waals surface area contributed by atoms with E-state index in [4.69, 9.17) is 10.5 Å². The van der Waals surface area contributed by atoms with Gasteiger partial charge in [0.25, 0.3) is 5.91 Å². The summed E-state index contributed by atoms with van der Waals surface area (Å²) in [5.74, 6) is 0.806. The zero-order chi connectivity index (χ0) is 17.5. The van der Waals surface area contributed by atoms with Crippen LogP contribution in [0.1, 0.15) is 38.3 Å². The minimum absolute atomic E-state index is 0.133. The van der Waals surface area contributed by atoms with Crippen LogP contribution in [0, 0.1) is 0 Å². The van der Waals surface area contributed by atoms with Gasteiger partial charge in [0.1, 0.15) is 11.4 Å². The molecule has 1 saturated carbocycles. The molecule has 1 amide bonds. The van der Waals surface area contributed by atoms with Gasteiger partial charge in [-0.05, 0) is 44.7 Å². The second-order valence-electron chi connectivity index (χ2n) is 7.74. The number of morpholine rings is 1. The Morgan fingerprint density at radius 2 is 2.00 bits per heavy atom. The van der Waals surface area contributed by atoms with Crippen molar-refractivity contribution in [2.75, 3.05) is 38.5 Å². The Hall–Kier alpha value is -1.66. The number of pyridine rings is 1. The normalized spacial score (nSPS) is 24.8. The van der Waals surface area contributed by atoms with Crippen LogP contribution < -0.4 is 5.73 Å². The first-order chi connectivity index (χ1) is 12.0. The van der Waals surface area contributed by atoms with E-state index in [9.17, 15) is 4.79 Å². The second-order valence-corrected chi connectivity index (χ2v) is 7.74. The highest BCUT2D eigenvalue weighted by Gasteiger charge is 2.61. The molecular formula is C19H28N4O2. The summed E-state index contributed by atoms with van der Waals surface area (Å²) >= 11 is 0. The Morgan fingerprint density at radius 3 is 2.64 bits per heavy atom. The molecular weight excluding hydrogens is 316 g/mol. The van der Waals surface area contributed by atoms with Gasteiger partial charge < -0.3 is 20.3 Å². The summed E-state index contributed by atoms with van der Waals surface area (Å²) in [6, 6.07) is 5.82. The number of likely N-dealkylation sites (tertiary alicyclic amines) is 1. The van der Waals surface area contributed by atoms with Crippen LogP contribution in [-0.2, 0) is 16.0 Å². The zero-order valence-electron chi connectivity index (χ0n) is 15.0. The van der Waals surface area contributed by atoms with Crippen molar-refractivity contribution in [3.63, 3.8) is 0 Å². The van der Waals surface area contributed by atoms with E-state index in [1.165, 1.54) is 0 Å². The Morgan fingerprint density at radius 1 is 1.24 bits per heavy atom.